The molecule has 0 heterocycles. The van der Waals surface area contributed by atoms with Crippen molar-refractivity contribution >= 4 is 5.97 Å². The molecule has 21 heavy (non-hydrogen) atoms. The van der Waals surface area contributed by atoms with Crippen molar-refractivity contribution in [3.63, 3.8) is 0 Å². The summed E-state index contributed by atoms with van der Waals surface area (Å²) in [5.41, 5.74) is 2.97. The Labute approximate surface area is 124 Å². The Kier molecular flexibility index (Phi) is 5.35. The molecule has 0 bridgehead atoms. The van der Waals surface area contributed by atoms with E-state index in [1.54, 1.807) is 7.11 Å². The van der Waals surface area contributed by atoms with Crippen LogP contribution in [0.25, 0.3) is 11.1 Å². The van der Waals surface area contributed by atoms with Crippen LogP contribution in [-0.4, -0.2) is 27.0 Å². The molecule has 2 rings (SSSR count). The van der Waals surface area contributed by atoms with Gasteiger partial charge in [0.25, 0.3) is 0 Å². The summed E-state index contributed by atoms with van der Waals surface area (Å²) in [7, 11) is 2.98. The van der Waals surface area contributed by atoms with Crippen molar-refractivity contribution in [2.24, 2.45) is 0 Å². The highest BCUT2D eigenvalue weighted by Gasteiger charge is 2.05. The van der Waals surface area contributed by atoms with Gasteiger partial charge in [-0.2, -0.15) is 0 Å². The molecule has 0 fully saturated rings. The van der Waals surface area contributed by atoms with Gasteiger partial charge in [0.2, 0.25) is 0 Å². The quantitative estimate of drug-likeness (QED) is 0.605. The first-order chi connectivity index (χ1) is 10.2. The minimum atomic E-state index is -0.246. The van der Waals surface area contributed by atoms with Gasteiger partial charge in [-0.25, -0.2) is 0 Å². The molecule has 0 spiro atoms. The summed E-state index contributed by atoms with van der Waals surface area (Å²) in [4.78, 5) is 11.3. The number of hydrogen-bond donors (Lipinski definition) is 0. The number of ether oxygens (including phenoxy) is 3. The van der Waals surface area contributed by atoms with Gasteiger partial charge < -0.3 is 14.2 Å². The summed E-state index contributed by atoms with van der Waals surface area (Å²) in [5, 5.41) is 0. The third kappa shape index (κ3) is 4.33. The van der Waals surface area contributed by atoms with E-state index in [4.69, 9.17) is 14.2 Å². The average Bonchev–Trinajstić information content (AvgIpc) is 2.53. The zero-order chi connectivity index (χ0) is 15.1. The molecule has 0 saturated carbocycles. The fraction of sp³-hybridized carbons (Fsp3) is 0.235. The van der Waals surface area contributed by atoms with Crippen molar-refractivity contribution in [3.8, 4) is 16.9 Å². The third-order valence-corrected chi connectivity index (χ3v) is 3.01. The maximum absolute atomic E-state index is 11.3. The fourth-order valence-corrected chi connectivity index (χ4v) is 1.99. The fourth-order valence-electron chi connectivity index (χ4n) is 1.99. The second-order valence-corrected chi connectivity index (χ2v) is 4.53. The van der Waals surface area contributed by atoms with Gasteiger partial charge in [0, 0.05) is 7.11 Å². The third-order valence-electron chi connectivity index (χ3n) is 3.01. The summed E-state index contributed by atoms with van der Waals surface area (Å²) in [6, 6.07) is 15.5. The van der Waals surface area contributed by atoms with Gasteiger partial charge in [0.15, 0.2) is 6.79 Å². The molecule has 110 valence electrons. The number of methoxy groups -OCH3 is 2. The van der Waals surface area contributed by atoms with Crippen LogP contribution in [0.4, 0.5) is 0 Å². The average molecular weight is 286 g/mol. The molecule has 2 aromatic carbocycles. The molecule has 2 aromatic rings. The molecular formula is C17H18O4. The first-order valence-electron chi connectivity index (χ1n) is 6.61. The highest BCUT2D eigenvalue weighted by atomic mass is 16.7. The molecule has 0 atom stereocenters. The topological polar surface area (TPSA) is 44.8 Å². The number of esters is 1. The van der Waals surface area contributed by atoms with Crippen molar-refractivity contribution in [1.29, 1.82) is 0 Å². The number of carbonyl (C=O) groups is 1. The Bertz CT molecular complexity index is 607. The predicted molar refractivity (Wildman–Crippen MR) is 80.1 cm³/mol. The van der Waals surface area contributed by atoms with E-state index >= 15 is 0 Å². The van der Waals surface area contributed by atoms with Crippen molar-refractivity contribution < 1.29 is 19.0 Å². The van der Waals surface area contributed by atoms with Crippen LogP contribution in [0.2, 0.25) is 0 Å². The van der Waals surface area contributed by atoms with Gasteiger partial charge in [-0.3, -0.25) is 4.79 Å². The Morgan fingerprint density at radius 3 is 2.43 bits per heavy atom. The van der Waals surface area contributed by atoms with Gasteiger partial charge in [-0.1, -0.05) is 36.4 Å². The molecule has 0 aromatic heterocycles. The predicted octanol–water partition coefficient (Wildman–Crippen LogP) is 3.05. The number of hydrogen-bond acceptors (Lipinski definition) is 4. The van der Waals surface area contributed by atoms with E-state index in [2.05, 4.69) is 0 Å². The molecule has 0 aliphatic carbocycles. The minimum absolute atomic E-state index is 0.214. The normalized spacial score (nSPS) is 10.2. The van der Waals surface area contributed by atoms with E-state index in [1.165, 1.54) is 7.11 Å². The lowest BCUT2D eigenvalue weighted by atomic mass is 10.0. The summed E-state index contributed by atoms with van der Waals surface area (Å²) in [5.74, 6) is 0.497. The van der Waals surface area contributed by atoms with Crippen molar-refractivity contribution in [1.82, 2.24) is 0 Å². The van der Waals surface area contributed by atoms with E-state index in [0.717, 1.165) is 22.4 Å². The summed E-state index contributed by atoms with van der Waals surface area (Å²) in [6.45, 7) is 0.214. The van der Waals surface area contributed by atoms with Crippen LogP contribution in [0.15, 0.2) is 48.5 Å². The van der Waals surface area contributed by atoms with Crippen LogP contribution in [0.5, 0.6) is 5.75 Å². The molecule has 0 aliphatic rings. The van der Waals surface area contributed by atoms with Gasteiger partial charge in [-0.15, -0.1) is 0 Å². The van der Waals surface area contributed by atoms with E-state index in [9.17, 15) is 4.79 Å². The molecule has 4 nitrogen and oxygen atoms in total. The van der Waals surface area contributed by atoms with Crippen molar-refractivity contribution in [2.75, 3.05) is 21.0 Å². The first-order valence-corrected chi connectivity index (χ1v) is 6.61. The van der Waals surface area contributed by atoms with Crippen LogP contribution in [0.3, 0.4) is 0 Å². The van der Waals surface area contributed by atoms with Gasteiger partial charge in [-0.05, 0) is 28.8 Å². The van der Waals surface area contributed by atoms with Crippen LogP contribution in [0.1, 0.15) is 5.56 Å². The lowest BCUT2D eigenvalue weighted by Crippen LogP contribution is -2.04. The second kappa shape index (κ2) is 7.45. The standard InChI is InChI=1S/C17H18O4/c1-19-12-21-16-8-4-7-15(11-16)14-6-3-5-13(9-14)10-17(18)20-2/h3-9,11H,10,12H2,1-2H3. The van der Waals surface area contributed by atoms with Gasteiger partial charge in [0.1, 0.15) is 5.75 Å². The van der Waals surface area contributed by atoms with E-state index < -0.39 is 0 Å². The van der Waals surface area contributed by atoms with E-state index in [1.807, 2.05) is 48.5 Å². The van der Waals surface area contributed by atoms with Crippen molar-refractivity contribution in [3.05, 3.63) is 54.1 Å². The zero-order valence-electron chi connectivity index (χ0n) is 12.2. The molecular weight excluding hydrogens is 268 g/mol. The van der Waals surface area contributed by atoms with Crippen molar-refractivity contribution in [2.45, 2.75) is 6.42 Å². The molecule has 0 unspecified atom stereocenters. The smallest absolute Gasteiger partial charge is 0.309 e. The summed E-state index contributed by atoms with van der Waals surface area (Å²) in [6.07, 6.45) is 0.268. The monoisotopic (exact) mass is 286 g/mol. The summed E-state index contributed by atoms with van der Waals surface area (Å²) >= 11 is 0. The van der Waals surface area contributed by atoms with Gasteiger partial charge >= 0.3 is 5.97 Å². The zero-order valence-corrected chi connectivity index (χ0v) is 12.2. The van der Waals surface area contributed by atoms with Gasteiger partial charge in [0.05, 0.1) is 13.5 Å². The van der Waals surface area contributed by atoms with E-state index in [-0.39, 0.29) is 19.2 Å². The second-order valence-electron chi connectivity index (χ2n) is 4.53. The first kappa shape index (κ1) is 15.1. The number of benzene rings is 2. The Morgan fingerprint density at radius 2 is 1.71 bits per heavy atom. The molecule has 0 N–H and O–H groups in total. The molecule has 4 heteroatoms. The maximum Gasteiger partial charge on any atom is 0.309 e. The number of rotatable bonds is 6. The minimum Gasteiger partial charge on any atom is -0.469 e. The molecule has 0 aliphatic heterocycles. The maximum atomic E-state index is 11.3. The Morgan fingerprint density at radius 1 is 1.00 bits per heavy atom. The summed E-state index contributed by atoms with van der Waals surface area (Å²) < 4.78 is 15.0. The van der Waals surface area contributed by atoms with Crippen LogP contribution in [0, 0.1) is 0 Å². The highest BCUT2D eigenvalue weighted by Crippen LogP contribution is 2.25. The Hall–Kier alpha value is -2.33. The van der Waals surface area contributed by atoms with Crippen LogP contribution < -0.4 is 4.74 Å². The Balaban J connectivity index is 2.21. The van der Waals surface area contributed by atoms with Crippen LogP contribution in [-0.2, 0) is 20.7 Å². The lowest BCUT2D eigenvalue weighted by molar-refractivity contribution is -0.139. The largest absolute Gasteiger partial charge is 0.469 e. The number of carbonyl (C=O) groups excluding carboxylic acids is 1. The molecule has 0 radical (unpaired) electrons. The lowest BCUT2D eigenvalue weighted by Gasteiger charge is -2.08. The molecule has 0 saturated heterocycles. The SMILES string of the molecule is COCOc1cccc(-c2cccc(CC(=O)OC)c2)c1. The van der Waals surface area contributed by atoms with E-state index in [0.29, 0.717) is 0 Å². The molecule has 0 amide bonds. The highest BCUT2D eigenvalue weighted by molar-refractivity contribution is 5.74. The van der Waals surface area contributed by atoms with Crippen LogP contribution >= 0.6 is 0 Å².